The van der Waals surface area contributed by atoms with Crippen molar-refractivity contribution in [3.63, 3.8) is 0 Å². The van der Waals surface area contributed by atoms with E-state index >= 15 is 0 Å². The van der Waals surface area contributed by atoms with Gasteiger partial charge in [-0.3, -0.25) is 0 Å². The van der Waals surface area contributed by atoms with Crippen LogP contribution >= 0.6 is 31.9 Å². The normalized spacial score (nSPS) is 18.6. The third-order valence-electron chi connectivity index (χ3n) is 4.83. The van der Waals surface area contributed by atoms with Crippen molar-refractivity contribution in [2.24, 2.45) is 5.41 Å². The third kappa shape index (κ3) is 3.36. The van der Waals surface area contributed by atoms with Crippen LogP contribution in [0.15, 0.2) is 22.7 Å². The summed E-state index contributed by atoms with van der Waals surface area (Å²) in [6.45, 7) is 7.07. The lowest BCUT2D eigenvalue weighted by Crippen LogP contribution is -2.39. The summed E-state index contributed by atoms with van der Waals surface area (Å²) in [5.74, 6) is 0. The van der Waals surface area contributed by atoms with Crippen LogP contribution in [0.5, 0.6) is 0 Å². The average Bonchev–Trinajstić information content (AvgIpc) is 2.47. The number of rotatable bonds is 4. The molecule has 1 fully saturated rings. The highest BCUT2D eigenvalue weighted by molar-refractivity contribution is 9.10. The first kappa shape index (κ1) is 15.4. The van der Waals surface area contributed by atoms with E-state index in [9.17, 15) is 0 Å². The zero-order valence-electron chi connectivity index (χ0n) is 11.9. The molecule has 0 atom stereocenters. The standard InChI is InChI=1S/C16H23Br2N/c1-3-16(4-2)7-9-19(10-8-16)15-6-5-13(12-17)11-14(15)18/h5-6,11H,3-4,7-10,12H2,1-2H3. The van der Waals surface area contributed by atoms with Gasteiger partial charge in [0, 0.05) is 22.9 Å². The molecule has 0 spiro atoms. The predicted molar refractivity (Wildman–Crippen MR) is 91.2 cm³/mol. The highest BCUT2D eigenvalue weighted by Gasteiger charge is 2.31. The molecular weight excluding hydrogens is 366 g/mol. The minimum atomic E-state index is 0.596. The molecule has 0 N–H and O–H groups in total. The largest absolute Gasteiger partial charge is 0.371 e. The molecule has 1 heterocycles. The number of alkyl halides is 1. The third-order valence-corrected chi connectivity index (χ3v) is 6.11. The second-order valence-electron chi connectivity index (χ2n) is 5.61. The van der Waals surface area contributed by atoms with Gasteiger partial charge >= 0.3 is 0 Å². The maximum Gasteiger partial charge on any atom is 0.0510 e. The summed E-state index contributed by atoms with van der Waals surface area (Å²) in [4.78, 5) is 2.53. The minimum Gasteiger partial charge on any atom is -0.371 e. The van der Waals surface area contributed by atoms with Crippen LogP contribution in [0, 0.1) is 5.41 Å². The fourth-order valence-corrected chi connectivity index (χ4v) is 4.09. The number of halogens is 2. The van der Waals surface area contributed by atoms with Crippen LogP contribution in [0.1, 0.15) is 45.1 Å². The molecule has 1 aromatic carbocycles. The van der Waals surface area contributed by atoms with E-state index in [0.29, 0.717) is 5.41 Å². The first-order valence-corrected chi connectivity index (χ1v) is 9.15. The fourth-order valence-electron chi connectivity index (χ4n) is 3.07. The van der Waals surface area contributed by atoms with Gasteiger partial charge < -0.3 is 4.90 Å². The first-order valence-electron chi connectivity index (χ1n) is 7.23. The number of piperidine rings is 1. The van der Waals surface area contributed by atoms with E-state index in [1.165, 1.54) is 54.5 Å². The fraction of sp³-hybridized carbons (Fsp3) is 0.625. The molecule has 3 heteroatoms. The minimum absolute atomic E-state index is 0.596. The summed E-state index contributed by atoms with van der Waals surface area (Å²) in [5, 5.41) is 0.917. The van der Waals surface area contributed by atoms with E-state index in [1.54, 1.807) is 0 Å². The summed E-state index contributed by atoms with van der Waals surface area (Å²) in [6.07, 6.45) is 5.29. The van der Waals surface area contributed by atoms with Gasteiger partial charge in [0.15, 0.2) is 0 Å². The summed E-state index contributed by atoms with van der Waals surface area (Å²) in [7, 11) is 0. The SMILES string of the molecule is CCC1(CC)CCN(c2ccc(CBr)cc2Br)CC1. The van der Waals surface area contributed by atoms with Crippen LogP contribution in [0.2, 0.25) is 0 Å². The van der Waals surface area contributed by atoms with Gasteiger partial charge in [0.05, 0.1) is 5.69 Å². The molecule has 0 amide bonds. The highest BCUT2D eigenvalue weighted by atomic mass is 79.9. The van der Waals surface area contributed by atoms with Crippen molar-refractivity contribution in [3.8, 4) is 0 Å². The topological polar surface area (TPSA) is 3.24 Å². The van der Waals surface area contributed by atoms with Crippen molar-refractivity contribution in [1.82, 2.24) is 0 Å². The van der Waals surface area contributed by atoms with E-state index in [2.05, 4.69) is 68.8 Å². The Kier molecular flexibility index (Phi) is 5.36. The Morgan fingerprint density at radius 2 is 1.79 bits per heavy atom. The molecular formula is C16H23Br2N. The zero-order chi connectivity index (χ0) is 13.9. The van der Waals surface area contributed by atoms with Crippen molar-refractivity contribution in [1.29, 1.82) is 0 Å². The van der Waals surface area contributed by atoms with Gasteiger partial charge in [-0.25, -0.2) is 0 Å². The van der Waals surface area contributed by atoms with Crippen LogP contribution in [0.4, 0.5) is 5.69 Å². The Balaban J connectivity index is 2.09. The Bertz CT molecular complexity index is 417. The average molecular weight is 389 g/mol. The molecule has 2 rings (SSSR count). The van der Waals surface area contributed by atoms with Gasteiger partial charge in [-0.05, 0) is 51.9 Å². The van der Waals surface area contributed by atoms with Gasteiger partial charge in [0.2, 0.25) is 0 Å². The number of hydrogen-bond acceptors (Lipinski definition) is 1. The first-order chi connectivity index (χ1) is 9.14. The van der Waals surface area contributed by atoms with Crippen molar-refractivity contribution in [2.75, 3.05) is 18.0 Å². The van der Waals surface area contributed by atoms with Crippen molar-refractivity contribution >= 4 is 37.5 Å². The Morgan fingerprint density at radius 1 is 1.16 bits per heavy atom. The number of anilines is 1. The predicted octanol–water partition coefficient (Wildman–Crippen LogP) is 5.75. The van der Waals surface area contributed by atoms with E-state index in [4.69, 9.17) is 0 Å². The molecule has 1 aromatic rings. The van der Waals surface area contributed by atoms with Gasteiger partial charge in [0.1, 0.15) is 0 Å². The molecule has 0 saturated carbocycles. The Morgan fingerprint density at radius 3 is 2.26 bits per heavy atom. The Hall–Kier alpha value is -0.0200. The smallest absolute Gasteiger partial charge is 0.0510 e. The highest BCUT2D eigenvalue weighted by Crippen LogP contribution is 2.40. The summed E-state index contributed by atoms with van der Waals surface area (Å²) >= 11 is 7.23. The molecule has 106 valence electrons. The van der Waals surface area contributed by atoms with Gasteiger partial charge in [0.25, 0.3) is 0 Å². The van der Waals surface area contributed by atoms with Gasteiger partial charge in [-0.2, -0.15) is 0 Å². The molecule has 0 aliphatic carbocycles. The second kappa shape index (κ2) is 6.62. The quantitative estimate of drug-likeness (QED) is 0.593. The lowest BCUT2D eigenvalue weighted by molar-refractivity contribution is 0.199. The monoisotopic (exact) mass is 387 g/mol. The molecule has 1 saturated heterocycles. The number of nitrogens with zero attached hydrogens (tertiary/aromatic N) is 1. The molecule has 1 aliphatic rings. The molecule has 0 radical (unpaired) electrons. The molecule has 1 aliphatic heterocycles. The van der Waals surface area contributed by atoms with Crippen molar-refractivity contribution < 1.29 is 0 Å². The van der Waals surface area contributed by atoms with Gasteiger partial charge in [-0.1, -0.05) is 48.7 Å². The summed E-state index contributed by atoms with van der Waals surface area (Å²) in [5.41, 5.74) is 3.27. The molecule has 1 nitrogen and oxygen atoms in total. The van der Waals surface area contributed by atoms with E-state index in [-0.39, 0.29) is 0 Å². The summed E-state index contributed by atoms with van der Waals surface area (Å²) < 4.78 is 1.23. The van der Waals surface area contributed by atoms with E-state index in [1.807, 2.05) is 0 Å². The summed E-state index contributed by atoms with van der Waals surface area (Å²) in [6, 6.07) is 6.70. The van der Waals surface area contributed by atoms with Gasteiger partial charge in [-0.15, -0.1) is 0 Å². The van der Waals surface area contributed by atoms with Crippen LogP contribution in [-0.4, -0.2) is 13.1 Å². The molecule has 19 heavy (non-hydrogen) atoms. The molecule has 0 aromatic heterocycles. The van der Waals surface area contributed by atoms with Crippen molar-refractivity contribution in [2.45, 2.75) is 44.9 Å². The lowest BCUT2D eigenvalue weighted by Gasteiger charge is -2.42. The van der Waals surface area contributed by atoms with Crippen LogP contribution in [0.25, 0.3) is 0 Å². The maximum absolute atomic E-state index is 3.72. The number of hydrogen-bond donors (Lipinski definition) is 0. The zero-order valence-corrected chi connectivity index (χ0v) is 15.1. The van der Waals surface area contributed by atoms with Crippen LogP contribution < -0.4 is 4.90 Å². The van der Waals surface area contributed by atoms with Crippen LogP contribution in [0.3, 0.4) is 0 Å². The molecule has 0 bridgehead atoms. The Labute approximate surface area is 134 Å². The van der Waals surface area contributed by atoms with Crippen LogP contribution in [-0.2, 0) is 5.33 Å². The molecule has 0 unspecified atom stereocenters. The number of benzene rings is 1. The lowest BCUT2D eigenvalue weighted by atomic mass is 9.74. The maximum atomic E-state index is 3.72. The second-order valence-corrected chi connectivity index (χ2v) is 7.03. The van der Waals surface area contributed by atoms with E-state index < -0.39 is 0 Å². The van der Waals surface area contributed by atoms with Crippen molar-refractivity contribution in [3.05, 3.63) is 28.2 Å². The van der Waals surface area contributed by atoms with E-state index in [0.717, 1.165) is 5.33 Å².